The molecule has 138 valence electrons. The monoisotopic (exact) mass is 365 g/mol. The minimum atomic E-state index is -0.200. The van der Waals surface area contributed by atoms with Crippen molar-refractivity contribution in [2.75, 3.05) is 18.5 Å². The van der Waals surface area contributed by atoms with Crippen molar-refractivity contribution < 1.29 is 18.7 Å². The summed E-state index contributed by atoms with van der Waals surface area (Å²) in [6.07, 6.45) is 1.36. The summed E-state index contributed by atoms with van der Waals surface area (Å²) in [4.78, 5) is 28.0. The van der Waals surface area contributed by atoms with Crippen molar-refractivity contribution in [3.8, 4) is 5.75 Å². The molecule has 3 aromatic rings. The fraction of sp³-hybridized carbons (Fsp3) is 0.250. The van der Waals surface area contributed by atoms with E-state index in [2.05, 4.69) is 15.6 Å². The van der Waals surface area contributed by atoms with Crippen LogP contribution in [0.15, 0.2) is 40.8 Å². The number of hydrogen-bond donors (Lipinski definition) is 2. The number of anilines is 1. The lowest BCUT2D eigenvalue weighted by molar-refractivity contribution is -0.118. The number of benzene rings is 2. The number of nitrogens with one attached hydrogen (secondary N) is 2. The van der Waals surface area contributed by atoms with Crippen molar-refractivity contribution in [1.29, 1.82) is 0 Å². The predicted molar refractivity (Wildman–Crippen MR) is 100.0 cm³/mol. The van der Waals surface area contributed by atoms with E-state index in [9.17, 15) is 9.59 Å². The van der Waals surface area contributed by atoms with Gasteiger partial charge in [-0.05, 0) is 49.2 Å². The molecule has 0 bridgehead atoms. The Labute approximate surface area is 155 Å². The number of amides is 2. The van der Waals surface area contributed by atoms with Gasteiger partial charge in [0, 0.05) is 18.5 Å². The van der Waals surface area contributed by atoms with Gasteiger partial charge in [-0.25, -0.2) is 4.98 Å². The zero-order valence-electron chi connectivity index (χ0n) is 14.9. The third-order valence-electron chi connectivity index (χ3n) is 4.32. The largest absolute Gasteiger partial charge is 0.482 e. The van der Waals surface area contributed by atoms with E-state index in [1.807, 2.05) is 25.1 Å². The molecule has 2 aromatic carbocycles. The van der Waals surface area contributed by atoms with Crippen LogP contribution in [0.5, 0.6) is 5.75 Å². The minimum Gasteiger partial charge on any atom is -0.482 e. The molecule has 1 aliphatic rings. The number of hydrogen-bond acceptors (Lipinski definition) is 5. The second-order valence-electron chi connectivity index (χ2n) is 6.49. The second-order valence-corrected chi connectivity index (χ2v) is 6.49. The molecule has 0 atom stereocenters. The highest BCUT2D eigenvalue weighted by Gasteiger charge is 2.17. The number of nitrogens with zero attached hydrogens (tertiary/aromatic N) is 1. The van der Waals surface area contributed by atoms with Gasteiger partial charge < -0.3 is 19.8 Å². The number of ether oxygens (including phenoxy) is 1. The van der Waals surface area contributed by atoms with Crippen molar-refractivity contribution in [2.45, 2.75) is 19.8 Å². The normalized spacial score (nSPS) is 13.0. The van der Waals surface area contributed by atoms with Crippen molar-refractivity contribution in [2.24, 2.45) is 0 Å². The maximum absolute atomic E-state index is 12.3. The van der Waals surface area contributed by atoms with Crippen LogP contribution in [0.4, 0.5) is 5.69 Å². The molecule has 7 heteroatoms. The zero-order chi connectivity index (χ0) is 18.8. The summed E-state index contributed by atoms with van der Waals surface area (Å²) >= 11 is 0. The number of fused-ring (bicyclic) bond motifs is 2. The van der Waals surface area contributed by atoms with Crippen LogP contribution in [0.2, 0.25) is 0 Å². The predicted octanol–water partition coefficient (Wildman–Crippen LogP) is 2.83. The number of carbonyl (C=O) groups excluding carboxylic acids is 2. The van der Waals surface area contributed by atoms with Crippen LogP contribution in [-0.4, -0.2) is 29.9 Å². The van der Waals surface area contributed by atoms with E-state index in [-0.39, 0.29) is 18.4 Å². The Morgan fingerprint density at radius 2 is 2.15 bits per heavy atom. The van der Waals surface area contributed by atoms with Crippen LogP contribution < -0.4 is 15.4 Å². The van der Waals surface area contributed by atoms with E-state index in [4.69, 9.17) is 9.15 Å². The number of carbonyl (C=O) groups is 2. The maximum atomic E-state index is 12.3. The molecule has 0 fully saturated rings. The molecular weight excluding hydrogens is 346 g/mol. The average molecular weight is 365 g/mol. The molecular formula is C20H19N3O4. The summed E-state index contributed by atoms with van der Waals surface area (Å²) in [5.41, 5.74) is 3.83. The van der Waals surface area contributed by atoms with Gasteiger partial charge in [0.05, 0.1) is 5.69 Å². The Kier molecular flexibility index (Phi) is 4.50. The quantitative estimate of drug-likeness (QED) is 0.678. The molecule has 0 aliphatic carbocycles. The Morgan fingerprint density at radius 3 is 3.04 bits per heavy atom. The van der Waals surface area contributed by atoms with Crippen molar-refractivity contribution in [3.63, 3.8) is 0 Å². The summed E-state index contributed by atoms with van der Waals surface area (Å²) in [6.45, 7) is 2.48. The van der Waals surface area contributed by atoms with Gasteiger partial charge in [0.1, 0.15) is 11.3 Å². The van der Waals surface area contributed by atoms with E-state index >= 15 is 0 Å². The second kappa shape index (κ2) is 7.11. The first-order valence-corrected chi connectivity index (χ1v) is 8.79. The van der Waals surface area contributed by atoms with Gasteiger partial charge in [0.25, 0.3) is 11.8 Å². The van der Waals surface area contributed by atoms with E-state index in [1.165, 1.54) is 0 Å². The van der Waals surface area contributed by atoms with Gasteiger partial charge >= 0.3 is 0 Å². The van der Waals surface area contributed by atoms with Crippen LogP contribution >= 0.6 is 0 Å². The Morgan fingerprint density at radius 1 is 1.26 bits per heavy atom. The molecule has 0 spiro atoms. The maximum Gasteiger partial charge on any atom is 0.262 e. The van der Waals surface area contributed by atoms with E-state index in [0.717, 1.165) is 23.1 Å². The number of oxazole rings is 1. The first kappa shape index (κ1) is 17.1. The average Bonchev–Trinajstić information content (AvgIpc) is 3.06. The smallest absolute Gasteiger partial charge is 0.262 e. The fourth-order valence-electron chi connectivity index (χ4n) is 2.95. The van der Waals surface area contributed by atoms with Gasteiger partial charge in [0.2, 0.25) is 0 Å². The highest BCUT2D eigenvalue weighted by atomic mass is 16.5. The van der Waals surface area contributed by atoms with Crippen molar-refractivity contribution in [3.05, 3.63) is 53.4 Å². The SMILES string of the molecule is Cc1ccc2nc(CCCNC(=O)c3ccc4c(c3)OCC(=O)N4)oc2c1. The van der Waals surface area contributed by atoms with Gasteiger partial charge in [-0.15, -0.1) is 0 Å². The topological polar surface area (TPSA) is 93.5 Å². The van der Waals surface area contributed by atoms with E-state index in [0.29, 0.717) is 35.9 Å². The third kappa shape index (κ3) is 3.76. The molecule has 0 saturated carbocycles. The number of aromatic nitrogens is 1. The van der Waals surface area contributed by atoms with Gasteiger partial charge in [-0.3, -0.25) is 9.59 Å². The molecule has 0 unspecified atom stereocenters. The Balaban J connectivity index is 1.31. The van der Waals surface area contributed by atoms with Gasteiger partial charge in [-0.1, -0.05) is 6.07 Å². The highest BCUT2D eigenvalue weighted by Crippen LogP contribution is 2.28. The standard InChI is InChI=1S/C20H19N3O4/c1-12-4-6-15-17(9-12)27-19(23-15)3-2-8-21-20(25)13-5-7-14-16(10-13)26-11-18(24)22-14/h4-7,9-10H,2-3,8,11H2,1H3,(H,21,25)(H,22,24). The lowest BCUT2D eigenvalue weighted by Gasteiger charge is -2.18. The van der Waals surface area contributed by atoms with Crippen LogP contribution in [-0.2, 0) is 11.2 Å². The molecule has 0 saturated heterocycles. The lowest BCUT2D eigenvalue weighted by Crippen LogP contribution is -2.27. The molecule has 1 aliphatic heterocycles. The molecule has 2 N–H and O–H groups in total. The molecule has 2 amide bonds. The molecule has 2 heterocycles. The molecule has 4 rings (SSSR count). The molecule has 0 radical (unpaired) electrons. The van der Waals surface area contributed by atoms with Crippen molar-refractivity contribution in [1.82, 2.24) is 10.3 Å². The van der Waals surface area contributed by atoms with Gasteiger partial charge in [0.15, 0.2) is 18.1 Å². The van der Waals surface area contributed by atoms with E-state index < -0.39 is 0 Å². The summed E-state index contributed by atoms with van der Waals surface area (Å²) < 4.78 is 11.1. The van der Waals surface area contributed by atoms with Crippen LogP contribution in [0.3, 0.4) is 0 Å². The summed E-state index contributed by atoms with van der Waals surface area (Å²) in [5, 5.41) is 5.57. The Hall–Kier alpha value is -3.35. The van der Waals surface area contributed by atoms with Crippen LogP contribution in [0.25, 0.3) is 11.1 Å². The minimum absolute atomic E-state index is 0.0396. The van der Waals surface area contributed by atoms with Crippen LogP contribution in [0, 0.1) is 6.92 Å². The summed E-state index contributed by atoms with van der Waals surface area (Å²) in [7, 11) is 0. The number of rotatable bonds is 5. The molecule has 7 nitrogen and oxygen atoms in total. The molecule has 27 heavy (non-hydrogen) atoms. The lowest BCUT2D eigenvalue weighted by atomic mass is 10.1. The first-order chi connectivity index (χ1) is 13.1. The zero-order valence-corrected chi connectivity index (χ0v) is 14.9. The third-order valence-corrected chi connectivity index (χ3v) is 4.32. The van der Waals surface area contributed by atoms with E-state index in [1.54, 1.807) is 18.2 Å². The first-order valence-electron chi connectivity index (χ1n) is 8.79. The summed E-state index contributed by atoms with van der Waals surface area (Å²) in [6, 6.07) is 10.9. The molecule has 1 aromatic heterocycles. The highest BCUT2D eigenvalue weighted by molar-refractivity contribution is 5.98. The van der Waals surface area contributed by atoms with Crippen molar-refractivity contribution >= 4 is 28.6 Å². The van der Waals surface area contributed by atoms with Crippen LogP contribution in [0.1, 0.15) is 28.2 Å². The van der Waals surface area contributed by atoms with Gasteiger partial charge in [-0.2, -0.15) is 0 Å². The number of aryl methyl sites for hydroxylation is 2. The Bertz CT molecular complexity index is 1030. The fourth-order valence-corrected chi connectivity index (χ4v) is 2.95. The summed E-state index contributed by atoms with van der Waals surface area (Å²) in [5.74, 6) is 0.785.